The molecule has 60 heavy (non-hydrogen) atoms. The smallest absolute Gasteiger partial charge is 0.253 e. The number of piperidine rings is 2. The molecule has 2 saturated heterocycles. The molecule has 4 aliphatic rings. The number of hydrogen-bond donors (Lipinski definition) is 1. The van der Waals surface area contributed by atoms with Crippen molar-refractivity contribution in [3.05, 3.63) is 101 Å². The molecule has 9 rings (SSSR count). The van der Waals surface area contributed by atoms with Gasteiger partial charge < -0.3 is 19.3 Å². The molecule has 4 amide bonds. The van der Waals surface area contributed by atoms with Crippen molar-refractivity contribution in [3.63, 3.8) is 0 Å². The summed E-state index contributed by atoms with van der Waals surface area (Å²) in [5.41, 5.74) is 7.75. The normalized spacial score (nSPS) is 18.8. The number of halogens is 1. The number of benzene rings is 2. The van der Waals surface area contributed by atoms with Crippen LogP contribution in [0, 0.1) is 11.7 Å². The van der Waals surface area contributed by atoms with Gasteiger partial charge in [-0.05, 0) is 103 Å². The van der Waals surface area contributed by atoms with Gasteiger partial charge in [-0.1, -0.05) is 23.4 Å². The van der Waals surface area contributed by atoms with Gasteiger partial charge in [0.05, 0.1) is 35.6 Å². The summed E-state index contributed by atoms with van der Waals surface area (Å²) in [5.74, 6) is -0.718. The van der Waals surface area contributed by atoms with Crippen LogP contribution in [0.2, 0.25) is 0 Å². The maximum Gasteiger partial charge on any atom is 0.253 e. The minimum atomic E-state index is -0.524. The molecule has 1 unspecified atom stereocenters. The topological polar surface area (TPSA) is 139 Å². The molecule has 1 N–H and O–H groups in total. The Kier molecular flexibility index (Phi) is 10.8. The Morgan fingerprint density at radius 2 is 1.77 bits per heavy atom. The number of amides is 4. The van der Waals surface area contributed by atoms with Crippen molar-refractivity contribution < 1.29 is 23.6 Å². The standard InChI is InChI=1S/C46H50FN9O4/c1-52(2)46(60)35-22-34-25-41(33-4-3-17-54(28-33)43(58)15-20-55-21-16-49-51-55)56(27-29-5-6-29)44(34)37(23-35)39-10-7-32(26-48-39)30-13-18-53(19-14-30)40-11-8-31(24-38(40)47)36-9-12-42(57)50-45(36)59/h4,7-8,10-11,16,21-26,29-30,36H,3,5-6,9,12-15,17-20,27-28H2,1-2H3,(H,50,57,59). The zero-order valence-electron chi connectivity index (χ0n) is 34.1. The van der Waals surface area contributed by atoms with Crippen LogP contribution in [0.15, 0.2) is 73.2 Å². The molecule has 6 heterocycles. The third-order valence-electron chi connectivity index (χ3n) is 12.6. The number of rotatable bonds is 11. The van der Waals surface area contributed by atoms with E-state index >= 15 is 4.39 Å². The van der Waals surface area contributed by atoms with Crippen LogP contribution in [0.4, 0.5) is 10.1 Å². The molecular weight excluding hydrogens is 762 g/mol. The molecule has 3 fully saturated rings. The summed E-state index contributed by atoms with van der Waals surface area (Å²) in [6, 6.07) is 15.4. The van der Waals surface area contributed by atoms with Crippen molar-refractivity contribution in [2.75, 3.05) is 45.2 Å². The Bertz CT molecular complexity index is 2480. The number of carbonyl (C=O) groups excluding carboxylic acids is 4. The maximum atomic E-state index is 15.5. The van der Waals surface area contributed by atoms with Crippen LogP contribution in [0.1, 0.15) is 90.4 Å². The summed E-state index contributed by atoms with van der Waals surface area (Å²) < 4.78 is 19.6. The van der Waals surface area contributed by atoms with Crippen LogP contribution in [0.3, 0.4) is 0 Å². The lowest BCUT2D eigenvalue weighted by molar-refractivity contribution is -0.134. The lowest BCUT2D eigenvalue weighted by atomic mass is 9.89. The first-order chi connectivity index (χ1) is 29.1. The van der Waals surface area contributed by atoms with Gasteiger partial charge in [-0.3, -0.25) is 34.2 Å². The van der Waals surface area contributed by atoms with E-state index in [-0.39, 0.29) is 41.8 Å². The molecule has 3 aliphatic heterocycles. The van der Waals surface area contributed by atoms with Gasteiger partial charge in [0, 0.05) is 94.3 Å². The minimum Gasteiger partial charge on any atom is -0.369 e. The van der Waals surface area contributed by atoms with Crippen LogP contribution in [-0.4, -0.2) is 98.2 Å². The van der Waals surface area contributed by atoms with Gasteiger partial charge in [0.15, 0.2) is 0 Å². The van der Waals surface area contributed by atoms with E-state index in [0.717, 1.165) is 64.8 Å². The van der Waals surface area contributed by atoms with Crippen molar-refractivity contribution in [1.82, 2.24) is 39.7 Å². The van der Waals surface area contributed by atoms with E-state index in [1.165, 1.54) is 18.9 Å². The Hall–Kier alpha value is -6.18. The van der Waals surface area contributed by atoms with Crippen LogP contribution in [0.25, 0.3) is 27.7 Å². The number of anilines is 1. The molecule has 3 aromatic heterocycles. The number of pyridine rings is 1. The van der Waals surface area contributed by atoms with Gasteiger partial charge in [-0.2, -0.15) is 0 Å². The summed E-state index contributed by atoms with van der Waals surface area (Å²) in [7, 11) is 3.53. The SMILES string of the molecule is CN(C)C(=O)c1cc(-c2ccc(C3CCN(c4ccc(C5CCC(=O)NC5=O)cc4F)CC3)cn2)c2c(c1)cc(C1=CCCN(C(=O)CCn3ccnn3)C1)n2CC1CC1. The first kappa shape index (κ1) is 39.3. The second kappa shape index (κ2) is 16.5. The van der Waals surface area contributed by atoms with Crippen molar-refractivity contribution >= 4 is 45.8 Å². The van der Waals surface area contributed by atoms with E-state index in [2.05, 4.69) is 49.4 Å². The zero-order valence-corrected chi connectivity index (χ0v) is 34.1. The van der Waals surface area contributed by atoms with Crippen molar-refractivity contribution in [3.8, 4) is 11.3 Å². The van der Waals surface area contributed by atoms with Gasteiger partial charge in [-0.15, -0.1) is 5.10 Å². The van der Waals surface area contributed by atoms with Gasteiger partial charge in [0.1, 0.15) is 5.82 Å². The van der Waals surface area contributed by atoms with Gasteiger partial charge in [0.2, 0.25) is 17.7 Å². The average Bonchev–Trinajstić information content (AvgIpc) is 3.78. The molecular formula is C46H50FN9O4. The first-order valence-corrected chi connectivity index (χ1v) is 21.1. The Morgan fingerprint density at radius 1 is 0.950 bits per heavy atom. The Morgan fingerprint density at radius 3 is 2.47 bits per heavy atom. The van der Waals surface area contributed by atoms with E-state index in [0.29, 0.717) is 68.3 Å². The molecule has 0 radical (unpaired) electrons. The third kappa shape index (κ3) is 8.06. The number of imide groups is 1. The predicted molar refractivity (Wildman–Crippen MR) is 225 cm³/mol. The number of nitrogens with one attached hydrogen (secondary N) is 1. The number of aromatic nitrogens is 5. The highest BCUT2D eigenvalue weighted by Crippen LogP contribution is 2.40. The maximum absolute atomic E-state index is 15.5. The van der Waals surface area contributed by atoms with E-state index in [9.17, 15) is 19.2 Å². The highest BCUT2D eigenvalue weighted by molar-refractivity contribution is 6.05. The van der Waals surface area contributed by atoms with Crippen molar-refractivity contribution in [2.24, 2.45) is 5.92 Å². The summed E-state index contributed by atoms with van der Waals surface area (Å²) >= 11 is 0. The average molecular weight is 812 g/mol. The number of fused-ring (bicyclic) bond motifs is 1. The van der Waals surface area contributed by atoms with Crippen molar-refractivity contribution in [1.29, 1.82) is 0 Å². The first-order valence-electron chi connectivity index (χ1n) is 21.1. The Balaban J connectivity index is 0.960. The highest BCUT2D eigenvalue weighted by atomic mass is 19.1. The van der Waals surface area contributed by atoms with Gasteiger partial charge in [-0.25, -0.2) is 4.39 Å². The number of hydrogen-bond acceptors (Lipinski definition) is 8. The number of nitrogens with zero attached hydrogens (tertiary/aromatic N) is 8. The third-order valence-corrected chi connectivity index (χ3v) is 12.6. The van der Waals surface area contributed by atoms with E-state index < -0.39 is 5.92 Å². The van der Waals surface area contributed by atoms with Crippen LogP contribution >= 0.6 is 0 Å². The molecule has 5 aromatic rings. The number of carbonyl (C=O) groups is 4. The second-order valence-corrected chi connectivity index (χ2v) is 16.9. The predicted octanol–water partition coefficient (Wildman–Crippen LogP) is 6.16. The lowest BCUT2D eigenvalue weighted by Gasteiger charge is -2.34. The molecule has 1 saturated carbocycles. The molecule has 0 spiro atoms. The van der Waals surface area contributed by atoms with Crippen LogP contribution in [0.5, 0.6) is 0 Å². The lowest BCUT2D eigenvalue weighted by Crippen LogP contribution is -2.39. The molecule has 14 heteroatoms. The summed E-state index contributed by atoms with van der Waals surface area (Å²) in [6.07, 6.45) is 13.3. The fourth-order valence-electron chi connectivity index (χ4n) is 9.14. The second-order valence-electron chi connectivity index (χ2n) is 16.9. The molecule has 1 aliphatic carbocycles. The molecule has 310 valence electrons. The molecule has 2 aromatic carbocycles. The zero-order chi connectivity index (χ0) is 41.5. The van der Waals surface area contributed by atoms with Crippen LogP contribution in [-0.2, 0) is 27.5 Å². The summed E-state index contributed by atoms with van der Waals surface area (Å²) in [4.78, 5) is 61.6. The monoisotopic (exact) mass is 811 g/mol. The number of aryl methyl sites for hydroxylation is 1. The van der Waals surface area contributed by atoms with Gasteiger partial charge >= 0.3 is 0 Å². The quantitative estimate of drug-likeness (QED) is 0.157. The van der Waals surface area contributed by atoms with E-state index in [1.54, 1.807) is 48.2 Å². The fourth-order valence-corrected chi connectivity index (χ4v) is 9.14. The summed E-state index contributed by atoms with van der Waals surface area (Å²) in [6.45, 7) is 3.87. The minimum absolute atomic E-state index is 0.0823. The molecule has 0 bridgehead atoms. The van der Waals surface area contributed by atoms with E-state index in [1.807, 2.05) is 23.2 Å². The molecule has 13 nitrogen and oxygen atoms in total. The Labute approximate surface area is 348 Å². The van der Waals surface area contributed by atoms with Gasteiger partial charge in [0.25, 0.3) is 5.91 Å². The fraction of sp³-hybridized carbons (Fsp3) is 0.413. The van der Waals surface area contributed by atoms with Crippen molar-refractivity contribution in [2.45, 2.75) is 76.3 Å². The summed E-state index contributed by atoms with van der Waals surface area (Å²) in [5, 5.41) is 11.2. The van der Waals surface area contributed by atoms with Crippen LogP contribution < -0.4 is 10.2 Å². The molecule has 1 atom stereocenters. The highest BCUT2D eigenvalue weighted by Gasteiger charge is 2.31. The van der Waals surface area contributed by atoms with E-state index in [4.69, 9.17) is 4.98 Å². The largest absolute Gasteiger partial charge is 0.369 e.